The number of rotatable bonds is 7. The van der Waals surface area contributed by atoms with Crippen molar-refractivity contribution in [2.45, 2.75) is 84.8 Å². The van der Waals surface area contributed by atoms with Crippen molar-refractivity contribution in [3.63, 3.8) is 0 Å². The van der Waals surface area contributed by atoms with Gasteiger partial charge in [-0.2, -0.15) is 0 Å². The minimum absolute atomic E-state index is 0.120. The Kier molecular flexibility index (Phi) is 7.54. The molecule has 1 heterocycles. The Bertz CT molecular complexity index is 388. The van der Waals surface area contributed by atoms with Crippen LogP contribution in [0.3, 0.4) is 0 Å². The summed E-state index contributed by atoms with van der Waals surface area (Å²) >= 11 is 0. The summed E-state index contributed by atoms with van der Waals surface area (Å²) in [6.45, 7) is 15.7. The summed E-state index contributed by atoms with van der Waals surface area (Å²) in [7, 11) is 0. The summed E-state index contributed by atoms with van der Waals surface area (Å²) in [5.74, 6) is 0. The molecule has 1 rings (SSSR count). The molecule has 0 aromatic carbocycles. The van der Waals surface area contributed by atoms with E-state index in [1.165, 1.54) is 12.8 Å². The molecule has 0 unspecified atom stereocenters. The summed E-state index contributed by atoms with van der Waals surface area (Å²) < 4.78 is 5.50. The summed E-state index contributed by atoms with van der Waals surface area (Å²) in [6.07, 6.45) is 5.26. The number of carbonyl (C=O) groups is 1. The van der Waals surface area contributed by atoms with Crippen molar-refractivity contribution in [3.8, 4) is 0 Å². The van der Waals surface area contributed by atoms with Gasteiger partial charge in [0.25, 0.3) is 0 Å². The standard InChI is InChI=1S/C19H39N3O2/c1-7-8-19(15-21-12-9-18(5,6)20)10-13-22(14-11-19)16(23)24-17(2,3)4/h21H,7-15,20H2,1-6H3. The van der Waals surface area contributed by atoms with Crippen molar-refractivity contribution < 1.29 is 9.53 Å². The molecule has 1 aliphatic rings. The van der Waals surface area contributed by atoms with Gasteiger partial charge in [-0.3, -0.25) is 0 Å². The van der Waals surface area contributed by atoms with Crippen molar-refractivity contribution >= 4 is 6.09 Å². The first kappa shape index (κ1) is 21.2. The van der Waals surface area contributed by atoms with Crippen molar-refractivity contribution in [1.82, 2.24) is 10.2 Å². The zero-order chi connectivity index (χ0) is 18.4. The highest BCUT2D eigenvalue weighted by Crippen LogP contribution is 2.36. The maximum Gasteiger partial charge on any atom is 0.410 e. The maximum absolute atomic E-state index is 12.2. The van der Waals surface area contributed by atoms with Crippen LogP contribution in [0, 0.1) is 5.41 Å². The highest BCUT2D eigenvalue weighted by Gasteiger charge is 2.36. The minimum Gasteiger partial charge on any atom is -0.444 e. The van der Waals surface area contributed by atoms with Crippen LogP contribution in [-0.4, -0.2) is 48.3 Å². The molecule has 0 atom stereocenters. The van der Waals surface area contributed by atoms with Crippen LogP contribution >= 0.6 is 0 Å². The third-order valence-corrected chi connectivity index (χ3v) is 4.70. The Hall–Kier alpha value is -0.810. The van der Waals surface area contributed by atoms with E-state index in [1.54, 1.807) is 0 Å². The number of ether oxygens (including phenoxy) is 1. The van der Waals surface area contributed by atoms with Gasteiger partial charge >= 0.3 is 6.09 Å². The maximum atomic E-state index is 12.2. The molecule has 1 amide bonds. The fraction of sp³-hybridized carbons (Fsp3) is 0.947. The monoisotopic (exact) mass is 341 g/mol. The smallest absolute Gasteiger partial charge is 0.410 e. The van der Waals surface area contributed by atoms with Gasteiger partial charge in [-0.15, -0.1) is 0 Å². The number of nitrogens with two attached hydrogens (primary N) is 1. The van der Waals surface area contributed by atoms with Gasteiger partial charge in [-0.25, -0.2) is 4.79 Å². The Labute approximate surface area is 148 Å². The molecule has 1 aliphatic heterocycles. The van der Waals surface area contributed by atoms with Gasteiger partial charge in [-0.05, 0) is 72.3 Å². The zero-order valence-electron chi connectivity index (χ0n) is 16.7. The van der Waals surface area contributed by atoms with Gasteiger partial charge in [0.05, 0.1) is 0 Å². The van der Waals surface area contributed by atoms with E-state index >= 15 is 0 Å². The van der Waals surface area contributed by atoms with Crippen LogP contribution in [0.25, 0.3) is 0 Å². The van der Waals surface area contributed by atoms with Crippen molar-refractivity contribution in [2.75, 3.05) is 26.2 Å². The summed E-state index contributed by atoms with van der Waals surface area (Å²) in [5, 5.41) is 3.60. The molecular formula is C19H39N3O2. The molecule has 0 radical (unpaired) electrons. The Morgan fingerprint density at radius 1 is 1.21 bits per heavy atom. The fourth-order valence-electron chi connectivity index (χ4n) is 3.30. The van der Waals surface area contributed by atoms with E-state index in [0.29, 0.717) is 5.41 Å². The topological polar surface area (TPSA) is 67.6 Å². The van der Waals surface area contributed by atoms with Gasteiger partial charge < -0.3 is 20.7 Å². The molecule has 5 heteroatoms. The highest BCUT2D eigenvalue weighted by molar-refractivity contribution is 5.68. The number of hydrogen-bond acceptors (Lipinski definition) is 4. The molecule has 5 nitrogen and oxygen atoms in total. The Balaban J connectivity index is 2.49. The molecule has 1 fully saturated rings. The van der Waals surface area contributed by atoms with Gasteiger partial charge in [-0.1, -0.05) is 13.3 Å². The van der Waals surface area contributed by atoms with E-state index in [0.717, 1.165) is 45.4 Å². The van der Waals surface area contributed by atoms with E-state index in [1.807, 2.05) is 25.7 Å². The van der Waals surface area contributed by atoms with E-state index < -0.39 is 5.60 Å². The lowest BCUT2D eigenvalue weighted by atomic mass is 9.75. The van der Waals surface area contributed by atoms with Crippen molar-refractivity contribution in [1.29, 1.82) is 0 Å². The van der Waals surface area contributed by atoms with Crippen LogP contribution in [0.5, 0.6) is 0 Å². The summed E-state index contributed by atoms with van der Waals surface area (Å²) in [6, 6.07) is 0. The van der Waals surface area contributed by atoms with Gasteiger partial charge in [0.1, 0.15) is 5.60 Å². The normalized spacial score (nSPS) is 18.5. The molecular weight excluding hydrogens is 302 g/mol. The quantitative estimate of drug-likeness (QED) is 0.695. The van der Waals surface area contributed by atoms with Crippen LogP contribution in [0.1, 0.15) is 73.6 Å². The predicted octanol–water partition coefficient (Wildman–Crippen LogP) is 3.52. The Morgan fingerprint density at radius 2 is 1.79 bits per heavy atom. The van der Waals surface area contributed by atoms with Gasteiger partial charge in [0, 0.05) is 25.2 Å². The number of carbonyl (C=O) groups excluding carboxylic acids is 1. The van der Waals surface area contributed by atoms with Crippen molar-refractivity contribution in [2.24, 2.45) is 11.1 Å². The molecule has 0 spiro atoms. The molecule has 0 aromatic rings. The largest absolute Gasteiger partial charge is 0.444 e. The van der Waals surface area contributed by atoms with Crippen LogP contribution < -0.4 is 11.1 Å². The molecule has 142 valence electrons. The van der Waals surface area contributed by atoms with Crippen LogP contribution in [-0.2, 0) is 4.74 Å². The lowest BCUT2D eigenvalue weighted by Crippen LogP contribution is -2.48. The Morgan fingerprint density at radius 3 is 2.25 bits per heavy atom. The highest BCUT2D eigenvalue weighted by atomic mass is 16.6. The number of likely N-dealkylation sites (tertiary alicyclic amines) is 1. The molecule has 1 saturated heterocycles. The van der Waals surface area contributed by atoms with E-state index in [2.05, 4.69) is 26.1 Å². The first-order chi connectivity index (χ1) is 11.0. The second-order valence-electron chi connectivity index (χ2n) is 9.13. The number of hydrogen-bond donors (Lipinski definition) is 2. The third-order valence-electron chi connectivity index (χ3n) is 4.70. The zero-order valence-corrected chi connectivity index (χ0v) is 16.7. The third kappa shape index (κ3) is 7.84. The second-order valence-corrected chi connectivity index (χ2v) is 9.13. The molecule has 0 aromatic heterocycles. The SMILES string of the molecule is CCCC1(CNCCC(C)(C)N)CCN(C(=O)OC(C)(C)C)CC1. The van der Waals surface area contributed by atoms with E-state index in [4.69, 9.17) is 10.5 Å². The lowest BCUT2D eigenvalue weighted by molar-refractivity contribution is 0.00877. The summed E-state index contributed by atoms with van der Waals surface area (Å²) in [5.41, 5.74) is 5.80. The molecule has 24 heavy (non-hydrogen) atoms. The predicted molar refractivity (Wildman–Crippen MR) is 100 cm³/mol. The summed E-state index contributed by atoms with van der Waals surface area (Å²) in [4.78, 5) is 14.1. The van der Waals surface area contributed by atoms with Crippen LogP contribution in [0.2, 0.25) is 0 Å². The van der Waals surface area contributed by atoms with Crippen LogP contribution in [0.4, 0.5) is 4.79 Å². The average Bonchev–Trinajstić information content (AvgIpc) is 2.42. The van der Waals surface area contributed by atoms with Crippen molar-refractivity contribution in [3.05, 3.63) is 0 Å². The number of amides is 1. The molecule has 0 bridgehead atoms. The first-order valence-electron chi connectivity index (χ1n) is 9.44. The second kappa shape index (κ2) is 8.52. The van der Waals surface area contributed by atoms with Gasteiger partial charge in [0.2, 0.25) is 0 Å². The average molecular weight is 342 g/mol. The van der Waals surface area contributed by atoms with Gasteiger partial charge in [0.15, 0.2) is 0 Å². The van der Waals surface area contributed by atoms with E-state index in [9.17, 15) is 4.79 Å². The number of piperidine rings is 1. The molecule has 0 saturated carbocycles. The molecule has 3 N–H and O–H groups in total. The first-order valence-corrected chi connectivity index (χ1v) is 9.44. The minimum atomic E-state index is -0.425. The molecule has 0 aliphatic carbocycles. The van der Waals surface area contributed by atoms with E-state index in [-0.39, 0.29) is 11.6 Å². The fourth-order valence-corrected chi connectivity index (χ4v) is 3.30. The number of nitrogens with one attached hydrogen (secondary N) is 1. The van der Waals surface area contributed by atoms with Crippen LogP contribution in [0.15, 0.2) is 0 Å². The lowest BCUT2D eigenvalue weighted by Gasteiger charge is -2.42. The number of nitrogens with zero attached hydrogens (tertiary/aromatic N) is 1.